The first-order chi connectivity index (χ1) is 12.7. The fraction of sp³-hybridized carbons (Fsp3) is 0.368. The topological polar surface area (TPSA) is 80.1 Å². The molecule has 2 aliphatic heterocycles. The molecule has 0 unspecified atom stereocenters. The van der Waals surface area contributed by atoms with Crippen LogP contribution in [0.3, 0.4) is 0 Å². The maximum absolute atomic E-state index is 12.8. The Bertz CT molecular complexity index is 886. The molecule has 0 radical (unpaired) electrons. The van der Waals surface area contributed by atoms with Gasteiger partial charge in [-0.1, -0.05) is 12.6 Å². The Morgan fingerprint density at radius 1 is 1.19 bits per heavy atom. The third kappa shape index (κ3) is 2.79. The van der Waals surface area contributed by atoms with Crippen molar-refractivity contribution in [3.05, 3.63) is 53.6 Å². The van der Waals surface area contributed by atoms with Crippen molar-refractivity contribution < 1.29 is 9.59 Å². The zero-order chi connectivity index (χ0) is 18.1. The highest BCUT2D eigenvalue weighted by molar-refractivity contribution is 6.04. The summed E-state index contributed by atoms with van der Waals surface area (Å²) in [5.41, 5.74) is 2.33. The van der Waals surface area contributed by atoms with E-state index in [1.165, 1.54) is 6.08 Å². The lowest BCUT2D eigenvalue weighted by Gasteiger charge is -2.29. The first-order valence-electron chi connectivity index (χ1n) is 8.94. The number of nitrogens with zero attached hydrogens (tertiary/aromatic N) is 4. The highest BCUT2D eigenvalue weighted by Crippen LogP contribution is 2.30. The van der Waals surface area contributed by atoms with Crippen molar-refractivity contribution in [2.75, 3.05) is 11.4 Å². The maximum atomic E-state index is 12.8. The molecule has 7 nitrogen and oxygen atoms in total. The molecular weight excluding hydrogens is 330 g/mol. The van der Waals surface area contributed by atoms with E-state index in [1.54, 1.807) is 4.90 Å². The minimum atomic E-state index is -0.148. The van der Waals surface area contributed by atoms with Crippen LogP contribution in [-0.2, 0) is 30.7 Å². The molecule has 0 fully saturated rings. The number of hydrogen-bond donors (Lipinski definition) is 1. The van der Waals surface area contributed by atoms with Crippen LogP contribution in [0.5, 0.6) is 0 Å². The van der Waals surface area contributed by atoms with Crippen LogP contribution in [0.1, 0.15) is 40.4 Å². The first-order valence-corrected chi connectivity index (χ1v) is 8.94. The second-order valence-corrected chi connectivity index (χ2v) is 6.57. The number of anilines is 1. The molecule has 3 heterocycles. The average molecular weight is 351 g/mol. The van der Waals surface area contributed by atoms with Gasteiger partial charge in [-0.3, -0.25) is 9.59 Å². The zero-order valence-corrected chi connectivity index (χ0v) is 14.6. The van der Waals surface area contributed by atoms with Crippen LogP contribution >= 0.6 is 0 Å². The molecule has 2 aromatic rings. The van der Waals surface area contributed by atoms with Crippen LogP contribution in [0.4, 0.5) is 5.69 Å². The van der Waals surface area contributed by atoms with Gasteiger partial charge in [0.15, 0.2) is 5.82 Å². The van der Waals surface area contributed by atoms with Crippen molar-refractivity contribution in [2.24, 2.45) is 0 Å². The van der Waals surface area contributed by atoms with Crippen molar-refractivity contribution in [3.8, 4) is 0 Å². The summed E-state index contributed by atoms with van der Waals surface area (Å²) < 4.78 is 2.07. The third-order valence-corrected chi connectivity index (χ3v) is 5.03. The fourth-order valence-corrected chi connectivity index (χ4v) is 3.77. The lowest BCUT2D eigenvalue weighted by Crippen LogP contribution is -2.35. The van der Waals surface area contributed by atoms with Gasteiger partial charge >= 0.3 is 0 Å². The number of rotatable bonds is 4. The van der Waals surface area contributed by atoms with Crippen LogP contribution < -0.4 is 10.2 Å². The minimum Gasteiger partial charge on any atom is -0.345 e. The van der Waals surface area contributed by atoms with Crippen LogP contribution in [0.25, 0.3) is 0 Å². The van der Waals surface area contributed by atoms with Crippen LogP contribution in [0, 0.1) is 0 Å². The van der Waals surface area contributed by atoms with Crippen molar-refractivity contribution in [3.63, 3.8) is 0 Å². The number of carbonyl (C=O) groups excluding carboxylic acids is 2. The molecule has 1 aromatic heterocycles. The molecule has 0 saturated carbocycles. The molecule has 7 heteroatoms. The number of nitrogens with one attached hydrogen (secondary N) is 1. The zero-order valence-electron chi connectivity index (χ0n) is 14.6. The van der Waals surface area contributed by atoms with E-state index in [1.807, 2.05) is 18.2 Å². The molecule has 1 N–H and O–H groups in total. The Morgan fingerprint density at radius 3 is 2.88 bits per heavy atom. The van der Waals surface area contributed by atoms with Crippen LogP contribution in [0.15, 0.2) is 30.9 Å². The monoisotopic (exact) mass is 351 g/mol. The van der Waals surface area contributed by atoms with Gasteiger partial charge in [-0.05, 0) is 43.0 Å². The van der Waals surface area contributed by atoms with Gasteiger partial charge in [0.2, 0.25) is 5.91 Å². The van der Waals surface area contributed by atoms with Gasteiger partial charge in [0.25, 0.3) is 5.91 Å². The molecule has 2 amide bonds. The van der Waals surface area contributed by atoms with Crippen molar-refractivity contribution in [1.82, 2.24) is 20.1 Å². The molecule has 0 atom stereocenters. The van der Waals surface area contributed by atoms with Crippen molar-refractivity contribution >= 4 is 17.5 Å². The van der Waals surface area contributed by atoms with Crippen LogP contribution in [-0.4, -0.2) is 33.1 Å². The summed E-state index contributed by atoms with van der Waals surface area (Å²) in [6.07, 6.45) is 4.94. The largest absolute Gasteiger partial charge is 0.345 e. The summed E-state index contributed by atoms with van der Waals surface area (Å²) >= 11 is 0. The smallest absolute Gasteiger partial charge is 0.252 e. The fourth-order valence-electron chi connectivity index (χ4n) is 3.77. The standard InChI is InChI=1S/C19H21N5O2/c1-2-18(25)23-10-4-7-13-14(6-3-8-15(13)23)19(26)20-12-17-22-21-16-9-5-11-24(16)17/h2-3,6,8H,1,4-5,7,9-12H2,(H,20,26). The van der Waals surface area contributed by atoms with E-state index < -0.39 is 0 Å². The lowest BCUT2D eigenvalue weighted by molar-refractivity contribution is -0.114. The SMILES string of the molecule is C=CC(=O)N1CCCc2c(C(=O)NCc3nnc4n3CCC4)cccc21. The van der Waals surface area contributed by atoms with E-state index in [-0.39, 0.29) is 11.8 Å². The highest BCUT2D eigenvalue weighted by atomic mass is 16.2. The Labute approximate surface area is 151 Å². The molecule has 1 aromatic carbocycles. The third-order valence-electron chi connectivity index (χ3n) is 5.03. The summed E-state index contributed by atoms with van der Waals surface area (Å²) in [6, 6.07) is 5.51. The summed E-state index contributed by atoms with van der Waals surface area (Å²) in [5.74, 6) is 1.50. The molecule has 0 spiro atoms. The Balaban J connectivity index is 1.55. The number of amides is 2. The summed E-state index contributed by atoms with van der Waals surface area (Å²) in [7, 11) is 0. The Morgan fingerprint density at radius 2 is 2.04 bits per heavy atom. The average Bonchev–Trinajstić information content (AvgIpc) is 3.28. The molecule has 134 valence electrons. The van der Waals surface area contributed by atoms with E-state index in [0.717, 1.165) is 55.1 Å². The number of carbonyl (C=O) groups is 2. The predicted molar refractivity (Wildman–Crippen MR) is 96.8 cm³/mol. The molecule has 4 rings (SSSR count). The number of aromatic nitrogens is 3. The molecule has 0 aliphatic carbocycles. The lowest BCUT2D eigenvalue weighted by atomic mass is 9.95. The highest BCUT2D eigenvalue weighted by Gasteiger charge is 2.25. The second kappa shape index (κ2) is 6.74. The maximum Gasteiger partial charge on any atom is 0.252 e. The predicted octanol–water partition coefficient (Wildman–Crippen LogP) is 1.62. The normalized spacial score (nSPS) is 15.3. The van der Waals surface area contributed by atoms with E-state index in [0.29, 0.717) is 18.7 Å². The van der Waals surface area contributed by atoms with Gasteiger partial charge in [0.05, 0.1) is 6.54 Å². The van der Waals surface area contributed by atoms with E-state index in [2.05, 4.69) is 26.7 Å². The first kappa shape index (κ1) is 16.5. The Kier molecular flexibility index (Phi) is 4.28. The van der Waals surface area contributed by atoms with Gasteiger partial charge in [0.1, 0.15) is 5.82 Å². The van der Waals surface area contributed by atoms with Gasteiger partial charge in [-0.25, -0.2) is 0 Å². The number of aryl methyl sites for hydroxylation is 1. The van der Waals surface area contributed by atoms with E-state index >= 15 is 0 Å². The van der Waals surface area contributed by atoms with Crippen molar-refractivity contribution in [2.45, 2.75) is 38.8 Å². The summed E-state index contributed by atoms with van der Waals surface area (Å²) in [5, 5.41) is 11.3. The van der Waals surface area contributed by atoms with Crippen molar-refractivity contribution in [1.29, 1.82) is 0 Å². The minimum absolute atomic E-state index is 0.137. The second-order valence-electron chi connectivity index (χ2n) is 6.57. The Hall–Kier alpha value is -2.96. The molecule has 0 saturated heterocycles. The van der Waals surface area contributed by atoms with Gasteiger partial charge < -0.3 is 14.8 Å². The number of hydrogen-bond acceptors (Lipinski definition) is 4. The molecule has 26 heavy (non-hydrogen) atoms. The molecular formula is C19H21N5O2. The summed E-state index contributed by atoms with van der Waals surface area (Å²) in [4.78, 5) is 26.5. The van der Waals surface area contributed by atoms with Gasteiger partial charge in [0, 0.05) is 30.8 Å². The quantitative estimate of drug-likeness (QED) is 0.849. The number of fused-ring (bicyclic) bond motifs is 2. The van der Waals surface area contributed by atoms with Crippen LogP contribution in [0.2, 0.25) is 0 Å². The van der Waals surface area contributed by atoms with E-state index in [9.17, 15) is 9.59 Å². The molecule has 2 aliphatic rings. The summed E-state index contributed by atoms with van der Waals surface area (Å²) in [6.45, 7) is 5.48. The molecule has 0 bridgehead atoms. The van der Waals surface area contributed by atoms with Gasteiger partial charge in [-0.2, -0.15) is 0 Å². The van der Waals surface area contributed by atoms with Gasteiger partial charge in [-0.15, -0.1) is 10.2 Å². The number of benzene rings is 1. The van der Waals surface area contributed by atoms with E-state index in [4.69, 9.17) is 0 Å².